The molecule has 2 heterocycles. The van der Waals surface area contributed by atoms with E-state index in [-0.39, 0.29) is 0 Å². The Morgan fingerprint density at radius 1 is 1.45 bits per heavy atom. The number of nitrogens with zero attached hydrogens (tertiary/aromatic N) is 3. The first-order valence-corrected chi connectivity index (χ1v) is 7.49. The number of unbranched alkanes of at least 4 members (excludes halogenated alkanes) is 1. The van der Waals surface area contributed by atoms with Crippen molar-refractivity contribution in [3.8, 4) is 0 Å². The number of likely N-dealkylation sites (tertiary alicyclic amines) is 1. The van der Waals surface area contributed by atoms with Gasteiger partial charge in [-0.2, -0.15) is 4.98 Å². The van der Waals surface area contributed by atoms with Crippen LogP contribution in [0.2, 0.25) is 0 Å². The molecule has 0 bridgehead atoms. The van der Waals surface area contributed by atoms with Crippen LogP contribution in [0.4, 0.5) is 0 Å². The Morgan fingerprint density at radius 2 is 2.30 bits per heavy atom. The van der Waals surface area contributed by atoms with Crippen molar-refractivity contribution < 1.29 is 14.4 Å². The highest BCUT2D eigenvalue weighted by Crippen LogP contribution is 2.19. The highest BCUT2D eigenvalue weighted by Gasteiger charge is 2.28. The minimum Gasteiger partial charge on any atom is -0.480 e. The second kappa shape index (κ2) is 7.38. The van der Waals surface area contributed by atoms with Crippen LogP contribution >= 0.6 is 0 Å². The van der Waals surface area contributed by atoms with Gasteiger partial charge in [-0.1, -0.05) is 31.3 Å². The zero-order valence-electron chi connectivity index (χ0n) is 12.0. The summed E-state index contributed by atoms with van der Waals surface area (Å²) in [5.41, 5.74) is 0. The number of aliphatic carboxylic acids is 1. The quantitative estimate of drug-likeness (QED) is 0.861. The molecule has 20 heavy (non-hydrogen) atoms. The molecule has 112 valence electrons. The first kappa shape index (κ1) is 15.0. The van der Waals surface area contributed by atoms with Gasteiger partial charge in [0.05, 0.1) is 6.54 Å². The standard InChI is InChI=1S/C14H23N3O3/c1-2-3-8-12-15-13(20-16-12)10-17-9-6-4-5-7-11(17)14(18)19/h11H,2-10H2,1H3,(H,18,19). The van der Waals surface area contributed by atoms with Crippen molar-refractivity contribution >= 4 is 5.97 Å². The van der Waals surface area contributed by atoms with Gasteiger partial charge < -0.3 is 9.63 Å². The average molecular weight is 281 g/mol. The first-order valence-electron chi connectivity index (χ1n) is 7.49. The fourth-order valence-corrected chi connectivity index (χ4v) is 2.60. The minimum absolute atomic E-state index is 0.427. The Morgan fingerprint density at radius 3 is 3.05 bits per heavy atom. The van der Waals surface area contributed by atoms with Crippen molar-refractivity contribution in [2.45, 2.75) is 64.5 Å². The van der Waals surface area contributed by atoms with E-state index in [0.717, 1.165) is 50.9 Å². The Bertz CT molecular complexity index is 433. The second-order valence-corrected chi connectivity index (χ2v) is 5.38. The summed E-state index contributed by atoms with van der Waals surface area (Å²) in [7, 11) is 0. The molecular weight excluding hydrogens is 258 g/mol. The molecule has 1 aliphatic rings. The van der Waals surface area contributed by atoms with E-state index in [1.54, 1.807) is 0 Å². The molecule has 6 nitrogen and oxygen atoms in total. The predicted octanol–water partition coefficient (Wildman–Crippen LogP) is 2.24. The topological polar surface area (TPSA) is 79.5 Å². The molecule has 1 atom stereocenters. The molecule has 1 aromatic rings. The monoisotopic (exact) mass is 281 g/mol. The number of rotatable bonds is 6. The van der Waals surface area contributed by atoms with E-state index in [1.165, 1.54) is 0 Å². The van der Waals surface area contributed by atoms with Gasteiger partial charge in [0.15, 0.2) is 5.82 Å². The summed E-state index contributed by atoms with van der Waals surface area (Å²) < 4.78 is 5.24. The molecule has 0 spiro atoms. The number of aryl methyl sites for hydroxylation is 1. The van der Waals surface area contributed by atoms with Crippen molar-refractivity contribution in [1.82, 2.24) is 15.0 Å². The van der Waals surface area contributed by atoms with Crippen LogP contribution in [0, 0.1) is 0 Å². The van der Waals surface area contributed by atoms with Gasteiger partial charge in [-0.05, 0) is 25.8 Å². The van der Waals surface area contributed by atoms with E-state index in [9.17, 15) is 9.90 Å². The summed E-state index contributed by atoms with van der Waals surface area (Å²) in [5, 5.41) is 13.3. The molecular formula is C14H23N3O3. The lowest BCUT2D eigenvalue weighted by Gasteiger charge is -2.24. The van der Waals surface area contributed by atoms with Crippen molar-refractivity contribution in [3.63, 3.8) is 0 Å². The molecule has 0 radical (unpaired) electrons. The van der Waals surface area contributed by atoms with Crippen molar-refractivity contribution in [2.75, 3.05) is 6.54 Å². The minimum atomic E-state index is -0.752. The number of carboxylic acids is 1. The molecule has 1 unspecified atom stereocenters. The molecule has 1 aromatic heterocycles. The second-order valence-electron chi connectivity index (χ2n) is 5.38. The molecule has 1 saturated heterocycles. The average Bonchev–Trinajstić information content (AvgIpc) is 2.73. The van der Waals surface area contributed by atoms with E-state index in [4.69, 9.17) is 4.52 Å². The van der Waals surface area contributed by atoms with Crippen molar-refractivity contribution in [2.24, 2.45) is 0 Å². The normalized spacial score (nSPS) is 20.8. The maximum Gasteiger partial charge on any atom is 0.320 e. The van der Waals surface area contributed by atoms with Crippen molar-refractivity contribution in [3.05, 3.63) is 11.7 Å². The lowest BCUT2D eigenvalue weighted by Crippen LogP contribution is -2.40. The number of aromatic nitrogens is 2. The molecule has 1 fully saturated rings. The van der Waals surface area contributed by atoms with Crippen LogP contribution in [0.15, 0.2) is 4.52 Å². The lowest BCUT2D eigenvalue weighted by atomic mass is 10.1. The van der Waals surface area contributed by atoms with Crippen LogP contribution in [0.1, 0.15) is 57.2 Å². The number of carbonyl (C=O) groups is 1. The van der Waals surface area contributed by atoms with E-state index >= 15 is 0 Å². The molecule has 0 aliphatic carbocycles. The molecule has 1 aliphatic heterocycles. The summed E-state index contributed by atoms with van der Waals surface area (Å²) >= 11 is 0. The van der Waals surface area contributed by atoms with Gasteiger partial charge in [-0.15, -0.1) is 0 Å². The van der Waals surface area contributed by atoms with Gasteiger partial charge in [-0.3, -0.25) is 9.69 Å². The zero-order chi connectivity index (χ0) is 14.4. The number of hydrogen-bond donors (Lipinski definition) is 1. The molecule has 0 aromatic carbocycles. The van der Waals surface area contributed by atoms with Crippen LogP contribution in [0.5, 0.6) is 0 Å². The molecule has 1 N–H and O–H groups in total. The summed E-state index contributed by atoms with van der Waals surface area (Å²) in [5.74, 6) is 0.505. The summed E-state index contributed by atoms with van der Waals surface area (Å²) in [6.45, 7) is 3.34. The van der Waals surface area contributed by atoms with E-state index in [1.807, 2.05) is 4.90 Å². The highest BCUT2D eigenvalue weighted by molar-refractivity contribution is 5.73. The van der Waals surface area contributed by atoms with Gasteiger partial charge in [0.2, 0.25) is 5.89 Å². The Hall–Kier alpha value is -1.43. The third-order valence-corrected chi connectivity index (χ3v) is 3.75. The van der Waals surface area contributed by atoms with E-state index in [2.05, 4.69) is 17.1 Å². The summed E-state index contributed by atoms with van der Waals surface area (Å²) in [4.78, 5) is 17.7. The SMILES string of the molecule is CCCCc1noc(CN2CCCCCC2C(=O)O)n1. The molecule has 0 amide bonds. The van der Waals surface area contributed by atoms with Crippen molar-refractivity contribution in [1.29, 1.82) is 0 Å². The number of carboxylic acid groups (broad SMARTS) is 1. The third-order valence-electron chi connectivity index (χ3n) is 3.75. The van der Waals surface area contributed by atoms with Gasteiger partial charge in [-0.25, -0.2) is 0 Å². The van der Waals surface area contributed by atoms with Crippen LogP contribution in [0.3, 0.4) is 0 Å². The van der Waals surface area contributed by atoms with E-state index < -0.39 is 12.0 Å². The van der Waals surface area contributed by atoms with Gasteiger partial charge in [0, 0.05) is 6.42 Å². The van der Waals surface area contributed by atoms with Gasteiger partial charge >= 0.3 is 5.97 Å². The zero-order valence-corrected chi connectivity index (χ0v) is 12.0. The number of hydrogen-bond acceptors (Lipinski definition) is 5. The molecule has 6 heteroatoms. The van der Waals surface area contributed by atoms with E-state index in [0.29, 0.717) is 18.9 Å². The fraction of sp³-hybridized carbons (Fsp3) is 0.786. The van der Waals surface area contributed by atoms with Crippen LogP contribution in [0.25, 0.3) is 0 Å². The summed E-state index contributed by atoms with van der Waals surface area (Å²) in [6, 6.07) is -0.427. The lowest BCUT2D eigenvalue weighted by molar-refractivity contribution is -0.143. The highest BCUT2D eigenvalue weighted by atomic mass is 16.5. The van der Waals surface area contributed by atoms with Gasteiger partial charge in [0.1, 0.15) is 6.04 Å². The Kier molecular flexibility index (Phi) is 5.52. The van der Waals surface area contributed by atoms with Crippen LogP contribution in [-0.2, 0) is 17.8 Å². The third kappa shape index (κ3) is 4.03. The fourth-order valence-electron chi connectivity index (χ4n) is 2.60. The smallest absolute Gasteiger partial charge is 0.320 e. The maximum atomic E-state index is 11.3. The van der Waals surface area contributed by atoms with Gasteiger partial charge in [0.25, 0.3) is 0 Å². The maximum absolute atomic E-state index is 11.3. The molecule has 2 rings (SSSR count). The Labute approximate surface area is 119 Å². The van der Waals surface area contributed by atoms with Crippen LogP contribution in [-0.4, -0.2) is 38.7 Å². The predicted molar refractivity (Wildman–Crippen MR) is 73.2 cm³/mol. The summed E-state index contributed by atoms with van der Waals surface area (Å²) in [6.07, 6.45) is 6.75. The largest absolute Gasteiger partial charge is 0.480 e. The Balaban J connectivity index is 1.98. The van der Waals surface area contributed by atoms with Crippen LogP contribution < -0.4 is 0 Å². The molecule has 0 saturated carbocycles. The first-order chi connectivity index (χ1) is 9.70.